The van der Waals surface area contributed by atoms with Crippen molar-refractivity contribution in [1.82, 2.24) is 0 Å². The van der Waals surface area contributed by atoms with Crippen LogP contribution in [0.4, 0.5) is 0 Å². The number of halogens is 2. The molecule has 0 aromatic carbocycles. The molecule has 0 aliphatic carbocycles. The summed E-state index contributed by atoms with van der Waals surface area (Å²) in [6.45, 7) is 3.82. The third kappa shape index (κ3) is 6.50. The van der Waals surface area contributed by atoms with Gasteiger partial charge in [-0.1, -0.05) is 49.0 Å². The second kappa shape index (κ2) is 6.83. The molecule has 0 N–H and O–H groups in total. The van der Waals surface area contributed by atoms with Gasteiger partial charge in [0.2, 0.25) is 5.24 Å². The first kappa shape index (κ1) is 13.4. The van der Waals surface area contributed by atoms with E-state index in [0.29, 0.717) is 0 Å². The maximum atomic E-state index is 10.9. The molecule has 0 aliphatic heterocycles. The van der Waals surface area contributed by atoms with Crippen LogP contribution in [-0.4, -0.2) is 10.6 Å². The predicted octanol–water partition coefficient (Wildman–Crippen LogP) is 4.12. The van der Waals surface area contributed by atoms with Crippen molar-refractivity contribution >= 4 is 32.8 Å². The molecule has 1 nitrogen and oxygen atoms in total. The lowest BCUT2D eigenvalue weighted by atomic mass is 9.88. The van der Waals surface area contributed by atoms with Gasteiger partial charge in [0.15, 0.2) is 0 Å². The van der Waals surface area contributed by atoms with E-state index in [1.54, 1.807) is 0 Å². The molecule has 0 aliphatic rings. The van der Waals surface area contributed by atoms with Gasteiger partial charge in [-0.2, -0.15) is 0 Å². The standard InChI is InChI=1S/C10H18BrClO/c1-10(2,9(12)13)7-5-3-4-6-8-11/h3-8H2,1-2H3. The van der Waals surface area contributed by atoms with E-state index < -0.39 is 0 Å². The third-order valence-corrected chi connectivity index (χ3v) is 3.29. The molecule has 13 heavy (non-hydrogen) atoms. The molecular weight excluding hydrogens is 251 g/mol. The fourth-order valence-corrected chi connectivity index (χ4v) is 1.60. The van der Waals surface area contributed by atoms with Gasteiger partial charge in [-0.15, -0.1) is 0 Å². The van der Waals surface area contributed by atoms with Crippen LogP contribution in [0.25, 0.3) is 0 Å². The molecule has 0 aromatic heterocycles. The van der Waals surface area contributed by atoms with Gasteiger partial charge in [0.05, 0.1) is 0 Å². The largest absolute Gasteiger partial charge is 0.281 e. The molecular formula is C10H18BrClO. The molecule has 0 spiro atoms. The normalized spacial score (nSPS) is 11.7. The molecule has 0 saturated heterocycles. The first-order valence-corrected chi connectivity index (χ1v) is 6.26. The number of carbonyl (C=O) groups is 1. The van der Waals surface area contributed by atoms with E-state index in [9.17, 15) is 4.79 Å². The Morgan fingerprint density at radius 2 is 1.77 bits per heavy atom. The topological polar surface area (TPSA) is 17.1 Å². The quantitative estimate of drug-likeness (QED) is 0.386. The molecule has 0 unspecified atom stereocenters. The zero-order chi connectivity index (χ0) is 10.3. The molecule has 0 heterocycles. The molecule has 78 valence electrons. The monoisotopic (exact) mass is 268 g/mol. The van der Waals surface area contributed by atoms with E-state index in [2.05, 4.69) is 15.9 Å². The van der Waals surface area contributed by atoms with Crippen LogP contribution in [0.3, 0.4) is 0 Å². The molecule has 0 fully saturated rings. The number of hydrogen-bond acceptors (Lipinski definition) is 1. The number of rotatable bonds is 7. The molecule has 0 bridgehead atoms. The van der Waals surface area contributed by atoms with Crippen LogP contribution >= 0.6 is 27.5 Å². The van der Waals surface area contributed by atoms with Gasteiger partial charge < -0.3 is 0 Å². The Kier molecular flexibility index (Phi) is 7.06. The smallest absolute Gasteiger partial charge is 0.227 e. The van der Waals surface area contributed by atoms with Gasteiger partial charge in [-0.3, -0.25) is 4.79 Å². The molecule has 0 aromatic rings. The molecule has 3 heteroatoms. The van der Waals surface area contributed by atoms with E-state index in [1.807, 2.05) is 13.8 Å². The van der Waals surface area contributed by atoms with Crippen molar-refractivity contribution in [3.05, 3.63) is 0 Å². The van der Waals surface area contributed by atoms with Gasteiger partial charge in [-0.05, 0) is 24.4 Å². The summed E-state index contributed by atoms with van der Waals surface area (Å²) in [6, 6.07) is 0. The lowest BCUT2D eigenvalue weighted by molar-refractivity contribution is -0.119. The molecule has 0 atom stereocenters. The molecule has 0 radical (unpaired) electrons. The van der Waals surface area contributed by atoms with E-state index in [-0.39, 0.29) is 10.7 Å². The second-order valence-electron chi connectivity index (χ2n) is 4.01. The summed E-state index contributed by atoms with van der Waals surface area (Å²) >= 11 is 8.85. The highest BCUT2D eigenvalue weighted by molar-refractivity contribution is 9.09. The van der Waals surface area contributed by atoms with E-state index in [1.165, 1.54) is 19.3 Å². The van der Waals surface area contributed by atoms with Gasteiger partial charge in [0.25, 0.3) is 0 Å². The van der Waals surface area contributed by atoms with Crippen molar-refractivity contribution in [3.63, 3.8) is 0 Å². The molecule has 0 rings (SSSR count). The Labute approximate surface area is 94.4 Å². The SMILES string of the molecule is CC(C)(CCCCCCBr)C(=O)Cl. The van der Waals surface area contributed by atoms with Gasteiger partial charge in [0, 0.05) is 10.7 Å². The molecule has 0 saturated carbocycles. The minimum Gasteiger partial charge on any atom is -0.281 e. The Morgan fingerprint density at radius 1 is 1.23 bits per heavy atom. The van der Waals surface area contributed by atoms with Crippen LogP contribution in [-0.2, 0) is 4.79 Å². The first-order valence-electron chi connectivity index (χ1n) is 4.76. The van der Waals surface area contributed by atoms with E-state index >= 15 is 0 Å². The third-order valence-electron chi connectivity index (χ3n) is 2.22. The average Bonchev–Trinajstić information content (AvgIpc) is 2.03. The van der Waals surface area contributed by atoms with E-state index in [4.69, 9.17) is 11.6 Å². The van der Waals surface area contributed by atoms with Crippen LogP contribution in [0.5, 0.6) is 0 Å². The van der Waals surface area contributed by atoms with Crippen LogP contribution in [0, 0.1) is 5.41 Å². The van der Waals surface area contributed by atoms with Gasteiger partial charge in [-0.25, -0.2) is 0 Å². The second-order valence-corrected chi connectivity index (χ2v) is 5.15. The summed E-state index contributed by atoms with van der Waals surface area (Å²) in [5, 5.41) is 0.859. The Bertz CT molecular complexity index is 157. The summed E-state index contributed by atoms with van der Waals surface area (Å²) < 4.78 is 0. The van der Waals surface area contributed by atoms with Crippen LogP contribution in [0.15, 0.2) is 0 Å². The first-order chi connectivity index (χ1) is 6.00. The average molecular weight is 270 g/mol. The van der Waals surface area contributed by atoms with Crippen molar-refractivity contribution in [3.8, 4) is 0 Å². The minimum absolute atomic E-state index is 0.215. The van der Waals surface area contributed by atoms with Crippen LogP contribution in [0.1, 0.15) is 46.0 Å². The highest BCUT2D eigenvalue weighted by Crippen LogP contribution is 2.26. The Balaban J connectivity index is 3.46. The van der Waals surface area contributed by atoms with Crippen LogP contribution in [0.2, 0.25) is 0 Å². The zero-order valence-corrected chi connectivity index (χ0v) is 10.7. The Morgan fingerprint density at radius 3 is 2.23 bits per heavy atom. The Hall–Kier alpha value is 0.440. The maximum absolute atomic E-state index is 10.9. The van der Waals surface area contributed by atoms with Crippen molar-refractivity contribution < 1.29 is 4.79 Å². The number of carbonyl (C=O) groups excluding carboxylic acids is 1. The highest BCUT2D eigenvalue weighted by atomic mass is 79.9. The highest BCUT2D eigenvalue weighted by Gasteiger charge is 2.24. The fraction of sp³-hybridized carbons (Fsp3) is 0.900. The summed E-state index contributed by atoms with van der Waals surface area (Å²) in [4.78, 5) is 10.9. The molecule has 0 amide bonds. The number of hydrogen-bond donors (Lipinski definition) is 0. The van der Waals surface area contributed by atoms with Gasteiger partial charge in [0.1, 0.15) is 0 Å². The van der Waals surface area contributed by atoms with E-state index in [0.717, 1.165) is 18.2 Å². The summed E-state index contributed by atoms with van der Waals surface area (Å²) in [7, 11) is 0. The van der Waals surface area contributed by atoms with Crippen molar-refractivity contribution in [1.29, 1.82) is 0 Å². The van der Waals surface area contributed by atoms with Crippen LogP contribution < -0.4 is 0 Å². The van der Waals surface area contributed by atoms with Crippen molar-refractivity contribution in [2.24, 2.45) is 5.41 Å². The lowest BCUT2D eigenvalue weighted by Gasteiger charge is -2.18. The van der Waals surface area contributed by atoms with Crippen molar-refractivity contribution in [2.45, 2.75) is 46.0 Å². The predicted molar refractivity (Wildman–Crippen MR) is 61.5 cm³/mol. The lowest BCUT2D eigenvalue weighted by Crippen LogP contribution is -2.18. The van der Waals surface area contributed by atoms with Gasteiger partial charge >= 0.3 is 0 Å². The summed E-state index contributed by atoms with van der Waals surface area (Å²) in [5.41, 5.74) is -0.337. The maximum Gasteiger partial charge on any atom is 0.227 e. The number of alkyl halides is 1. The number of unbranched alkanes of at least 4 members (excludes halogenated alkanes) is 3. The zero-order valence-electron chi connectivity index (χ0n) is 8.41. The summed E-state index contributed by atoms with van der Waals surface area (Å²) in [5.74, 6) is 0. The van der Waals surface area contributed by atoms with Crippen molar-refractivity contribution in [2.75, 3.05) is 5.33 Å². The minimum atomic E-state index is -0.337. The summed E-state index contributed by atoms with van der Waals surface area (Å²) in [6.07, 6.45) is 5.64. The fourth-order valence-electron chi connectivity index (χ4n) is 1.11.